The van der Waals surface area contributed by atoms with E-state index in [1.165, 1.54) is 24.3 Å². The highest BCUT2D eigenvalue weighted by molar-refractivity contribution is 5.82. The summed E-state index contributed by atoms with van der Waals surface area (Å²) < 4.78 is 26.2. The van der Waals surface area contributed by atoms with E-state index in [1.807, 2.05) is 6.07 Å². The van der Waals surface area contributed by atoms with Gasteiger partial charge in [-0.1, -0.05) is 24.3 Å². The zero-order valence-electron chi connectivity index (χ0n) is 15.7. The van der Waals surface area contributed by atoms with E-state index in [0.717, 1.165) is 24.0 Å². The van der Waals surface area contributed by atoms with Crippen molar-refractivity contribution in [3.63, 3.8) is 0 Å². The number of likely N-dealkylation sites (tertiary alicyclic amines) is 1. The van der Waals surface area contributed by atoms with Crippen LogP contribution in [-0.4, -0.2) is 36.3 Å². The summed E-state index contributed by atoms with van der Waals surface area (Å²) in [5.74, 6) is -0.978. The lowest BCUT2D eigenvalue weighted by Crippen LogP contribution is -2.46. The van der Waals surface area contributed by atoms with Crippen LogP contribution >= 0.6 is 0 Å². The van der Waals surface area contributed by atoms with E-state index in [9.17, 15) is 18.4 Å². The minimum absolute atomic E-state index is 0.0520. The number of halogens is 2. The van der Waals surface area contributed by atoms with E-state index in [1.54, 1.807) is 23.1 Å². The molecule has 0 saturated carbocycles. The zero-order chi connectivity index (χ0) is 19.9. The molecule has 1 unspecified atom stereocenters. The van der Waals surface area contributed by atoms with Gasteiger partial charge in [-0.25, -0.2) is 8.78 Å². The van der Waals surface area contributed by atoms with Crippen LogP contribution in [0.5, 0.6) is 0 Å². The maximum absolute atomic E-state index is 13.2. The fourth-order valence-corrected chi connectivity index (χ4v) is 3.47. The van der Waals surface area contributed by atoms with E-state index in [2.05, 4.69) is 5.32 Å². The molecule has 148 valence electrons. The molecule has 28 heavy (non-hydrogen) atoms. The molecule has 0 radical (unpaired) electrons. The molecule has 2 aromatic rings. The van der Waals surface area contributed by atoms with Crippen LogP contribution in [-0.2, 0) is 22.4 Å². The lowest BCUT2D eigenvalue weighted by molar-refractivity contribution is -0.135. The zero-order valence-corrected chi connectivity index (χ0v) is 15.7. The Balaban J connectivity index is 1.47. The number of amides is 2. The van der Waals surface area contributed by atoms with Gasteiger partial charge in [0.1, 0.15) is 11.6 Å². The van der Waals surface area contributed by atoms with Crippen molar-refractivity contribution in [2.24, 2.45) is 5.92 Å². The maximum atomic E-state index is 13.2. The molecule has 1 atom stereocenters. The number of benzene rings is 2. The van der Waals surface area contributed by atoms with Crippen molar-refractivity contribution < 1.29 is 18.4 Å². The Kier molecular flexibility index (Phi) is 6.74. The van der Waals surface area contributed by atoms with Crippen LogP contribution in [0.3, 0.4) is 0 Å². The van der Waals surface area contributed by atoms with E-state index < -0.39 is 0 Å². The highest BCUT2D eigenvalue weighted by Crippen LogP contribution is 2.18. The summed E-state index contributed by atoms with van der Waals surface area (Å²) in [4.78, 5) is 26.7. The van der Waals surface area contributed by atoms with Gasteiger partial charge in [0.05, 0.1) is 12.3 Å². The third kappa shape index (κ3) is 5.62. The van der Waals surface area contributed by atoms with Crippen LogP contribution in [0.4, 0.5) is 8.78 Å². The Morgan fingerprint density at radius 2 is 1.82 bits per heavy atom. The molecule has 1 N–H and O–H groups in total. The Bertz CT molecular complexity index is 824. The lowest BCUT2D eigenvalue weighted by Gasteiger charge is -2.32. The normalized spacial score (nSPS) is 16.6. The fraction of sp³-hybridized carbons (Fsp3) is 0.364. The molecule has 0 spiro atoms. The number of nitrogens with one attached hydrogen (secondary N) is 1. The molecule has 1 aliphatic heterocycles. The number of hydrogen-bond acceptors (Lipinski definition) is 2. The molecule has 1 saturated heterocycles. The summed E-state index contributed by atoms with van der Waals surface area (Å²) in [7, 11) is 0. The Hall–Kier alpha value is -2.76. The molecule has 1 fully saturated rings. The number of carbonyl (C=O) groups excluding carboxylic acids is 2. The van der Waals surface area contributed by atoms with Gasteiger partial charge in [0.15, 0.2) is 0 Å². The summed E-state index contributed by atoms with van der Waals surface area (Å²) >= 11 is 0. The third-order valence-corrected chi connectivity index (χ3v) is 5.02. The SMILES string of the molecule is O=C(NCCc1cccc(F)c1)C1CCCN(C(=O)Cc2ccc(F)cc2)C1. The first-order chi connectivity index (χ1) is 13.5. The molecule has 1 heterocycles. The molecule has 6 heteroatoms. The van der Waals surface area contributed by atoms with Crippen molar-refractivity contribution >= 4 is 11.8 Å². The van der Waals surface area contributed by atoms with Crippen molar-refractivity contribution in [2.75, 3.05) is 19.6 Å². The summed E-state index contributed by atoms with van der Waals surface area (Å²) in [5.41, 5.74) is 1.59. The molecule has 0 aliphatic carbocycles. The maximum Gasteiger partial charge on any atom is 0.227 e. The second-order valence-electron chi connectivity index (χ2n) is 7.15. The van der Waals surface area contributed by atoms with E-state index in [-0.39, 0.29) is 35.8 Å². The van der Waals surface area contributed by atoms with E-state index >= 15 is 0 Å². The molecule has 0 aromatic heterocycles. The largest absolute Gasteiger partial charge is 0.355 e. The van der Waals surface area contributed by atoms with Gasteiger partial charge in [-0.3, -0.25) is 9.59 Å². The lowest BCUT2D eigenvalue weighted by atomic mass is 9.96. The highest BCUT2D eigenvalue weighted by Gasteiger charge is 2.28. The van der Waals surface area contributed by atoms with Gasteiger partial charge in [0.25, 0.3) is 0 Å². The van der Waals surface area contributed by atoms with Crippen molar-refractivity contribution in [2.45, 2.75) is 25.7 Å². The number of carbonyl (C=O) groups is 2. The fourth-order valence-electron chi connectivity index (χ4n) is 3.47. The summed E-state index contributed by atoms with van der Waals surface area (Å²) in [5, 5.41) is 2.89. The van der Waals surface area contributed by atoms with Crippen LogP contribution in [0, 0.1) is 17.6 Å². The van der Waals surface area contributed by atoms with Crippen molar-refractivity contribution in [1.82, 2.24) is 10.2 Å². The van der Waals surface area contributed by atoms with Gasteiger partial charge in [0, 0.05) is 19.6 Å². The summed E-state index contributed by atoms with van der Waals surface area (Å²) in [6.07, 6.45) is 2.28. The molecule has 2 amide bonds. The average molecular weight is 386 g/mol. The van der Waals surface area contributed by atoms with Gasteiger partial charge in [-0.05, 0) is 54.7 Å². The highest BCUT2D eigenvalue weighted by atomic mass is 19.1. The summed E-state index contributed by atoms with van der Waals surface area (Å²) in [6, 6.07) is 12.2. The number of piperidine rings is 1. The predicted octanol–water partition coefficient (Wildman–Crippen LogP) is 3.10. The minimum atomic E-state index is -0.329. The van der Waals surface area contributed by atoms with E-state index in [4.69, 9.17) is 0 Å². The van der Waals surface area contributed by atoms with Crippen LogP contribution in [0.15, 0.2) is 48.5 Å². The first-order valence-corrected chi connectivity index (χ1v) is 9.55. The molecule has 0 bridgehead atoms. The topological polar surface area (TPSA) is 49.4 Å². The number of nitrogens with zero attached hydrogens (tertiary/aromatic N) is 1. The minimum Gasteiger partial charge on any atom is -0.355 e. The van der Waals surface area contributed by atoms with Crippen LogP contribution in [0.1, 0.15) is 24.0 Å². The molecule has 2 aromatic carbocycles. The van der Waals surface area contributed by atoms with Crippen molar-refractivity contribution in [1.29, 1.82) is 0 Å². The first-order valence-electron chi connectivity index (χ1n) is 9.55. The van der Waals surface area contributed by atoms with E-state index in [0.29, 0.717) is 26.1 Å². The third-order valence-electron chi connectivity index (χ3n) is 5.02. The van der Waals surface area contributed by atoms with Gasteiger partial charge >= 0.3 is 0 Å². The van der Waals surface area contributed by atoms with Gasteiger partial charge in [-0.15, -0.1) is 0 Å². The first kappa shape index (κ1) is 20.0. The Labute approximate surface area is 163 Å². The smallest absolute Gasteiger partial charge is 0.227 e. The van der Waals surface area contributed by atoms with Gasteiger partial charge < -0.3 is 10.2 Å². The average Bonchev–Trinajstić information content (AvgIpc) is 2.70. The van der Waals surface area contributed by atoms with Gasteiger partial charge in [0.2, 0.25) is 11.8 Å². The molecular formula is C22H24F2N2O2. The second-order valence-corrected chi connectivity index (χ2v) is 7.15. The molecule has 3 rings (SSSR count). The summed E-state index contributed by atoms with van der Waals surface area (Å²) in [6.45, 7) is 1.46. The quantitative estimate of drug-likeness (QED) is 0.829. The predicted molar refractivity (Wildman–Crippen MR) is 103 cm³/mol. The van der Waals surface area contributed by atoms with Crippen LogP contribution < -0.4 is 5.32 Å². The van der Waals surface area contributed by atoms with Crippen LogP contribution in [0.25, 0.3) is 0 Å². The second kappa shape index (κ2) is 9.44. The Morgan fingerprint density at radius 3 is 2.57 bits per heavy atom. The Morgan fingerprint density at radius 1 is 1.04 bits per heavy atom. The number of hydrogen-bond donors (Lipinski definition) is 1. The van der Waals surface area contributed by atoms with Gasteiger partial charge in [-0.2, -0.15) is 0 Å². The number of rotatable bonds is 6. The van der Waals surface area contributed by atoms with Crippen molar-refractivity contribution in [3.05, 3.63) is 71.3 Å². The molecule has 4 nitrogen and oxygen atoms in total. The standard InChI is InChI=1S/C22H24F2N2O2/c23-19-8-6-17(7-9-19)14-21(27)26-12-2-4-18(15-26)22(28)25-11-10-16-3-1-5-20(24)13-16/h1,3,5-9,13,18H,2,4,10-12,14-15H2,(H,25,28). The van der Waals surface area contributed by atoms with Crippen LogP contribution in [0.2, 0.25) is 0 Å². The van der Waals surface area contributed by atoms with Crippen molar-refractivity contribution in [3.8, 4) is 0 Å². The monoisotopic (exact) mass is 386 g/mol. The molecular weight excluding hydrogens is 362 g/mol. The molecule has 1 aliphatic rings.